The van der Waals surface area contributed by atoms with Crippen LogP contribution in [0.1, 0.15) is 38.8 Å². The van der Waals surface area contributed by atoms with Crippen LogP contribution in [-0.2, 0) is 15.9 Å². The molecule has 0 bridgehead atoms. The largest absolute Gasteiger partial charge is 0.487 e. The van der Waals surface area contributed by atoms with E-state index in [4.69, 9.17) is 9.31 Å². The SMILES string of the molecule is CC1(C)OB(/C=C/c2cnccc2CO)OC1(C)C. The van der Waals surface area contributed by atoms with Crippen LogP contribution in [0.2, 0.25) is 0 Å². The first-order valence-electron chi connectivity index (χ1n) is 6.43. The van der Waals surface area contributed by atoms with Crippen LogP contribution in [0, 0.1) is 0 Å². The molecule has 4 nitrogen and oxygen atoms in total. The van der Waals surface area contributed by atoms with Crippen molar-refractivity contribution in [2.45, 2.75) is 45.5 Å². The Kier molecular flexibility index (Phi) is 3.81. The zero-order valence-corrected chi connectivity index (χ0v) is 11.9. The molecule has 1 aromatic rings. The maximum Gasteiger partial charge on any atom is 0.487 e. The van der Waals surface area contributed by atoms with Crippen molar-refractivity contribution in [2.24, 2.45) is 0 Å². The summed E-state index contributed by atoms with van der Waals surface area (Å²) in [4.78, 5) is 4.05. The summed E-state index contributed by atoms with van der Waals surface area (Å²) < 4.78 is 11.7. The van der Waals surface area contributed by atoms with Gasteiger partial charge >= 0.3 is 7.12 Å². The van der Waals surface area contributed by atoms with Gasteiger partial charge in [-0.2, -0.15) is 0 Å². The fourth-order valence-electron chi connectivity index (χ4n) is 1.88. The first-order chi connectivity index (χ1) is 8.86. The molecule has 1 N–H and O–H groups in total. The Morgan fingerprint density at radius 1 is 1.26 bits per heavy atom. The summed E-state index contributed by atoms with van der Waals surface area (Å²) in [6.45, 7) is 8.06. The van der Waals surface area contributed by atoms with Crippen LogP contribution in [0.5, 0.6) is 0 Å². The van der Waals surface area contributed by atoms with Crippen LogP contribution in [-0.4, -0.2) is 28.4 Å². The molecular formula is C14H20BNO3. The predicted octanol–water partition coefficient (Wildman–Crippen LogP) is 2.22. The van der Waals surface area contributed by atoms with Gasteiger partial charge in [0.2, 0.25) is 0 Å². The lowest BCUT2D eigenvalue weighted by molar-refractivity contribution is 0.00578. The van der Waals surface area contributed by atoms with Crippen molar-refractivity contribution in [1.82, 2.24) is 4.98 Å². The lowest BCUT2D eigenvalue weighted by atomic mass is 9.89. The predicted molar refractivity (Wildman–Crippen MR) is 75.3 cm³/mol. The third-order valence-corrected chi connectivity index (χ3v) is 3.82. The molecule has 0 saturated carbocycles. The lowest BCUT2D eigenvalue weighted by Gasteiger charge is -2.32. The third-order valence-electron chi connectivity index (χ3n) is 3.82. The molecule has 0 aromatic carbocycles. The van der Waals surface area contributed by atoms with Crippen LogP contribution in [0.15, 0.2) is 24.4 Å². The van der Waals surface area contributed by atoms with Crippen molar-refractivity contribution in [1.29, 1.82) is 0 Å². The number of nitrogens with zero attached hydrogens (tertiary/aromatic N) is 1. The van der Waals surface area contributed by atoms with Crippen LogP contribution in [0.4, 0.5) is 0 Å². The van der Waals surface area contributed by atoms with Gasteiger partial charge in [-0.05, 0) is 44.9 Å². The highest BCUT2D eigenvalue weighted by Gasteiger charge is 2.49. The van der Waals surface area contributed by atoms with E-state index in [1.165, 1.54) is 0 Å². The van der Waals surface area contributed by atoms with Gasteiger partial charge in [-0.15, -0.1) is 0 Å². The molecule has 2 heterocycles. The third kappa shape index (κ3) is 2.89. The fourth-order valence-corrected chi connectivity index (χ4v) is 1.88. The van der Waals surface area contributed by atoms with Crippen LogP contribution in [0.25, 0.3) is 6.08 Å². The zero-order valence-electron chi connectivity index (χ0n) is 11.9. The van der Waals surface area contributed by atoms with E-state index in [0.717, 1.165) is 11.1 Å². The molecule has 0 amide bonds. The minimum absolute atomic E-state index is 0.00837. The number of hydrogen-bond donors (Lipinski definition) is 1. The topological polar surface area (TPSA) is 51.6 Å². The molecule has 0 radical (unpaired) electrons. The molecule has 0 atom stereocenters. The maximum absolute atomic E-state index is 9.25. The maximum atomic E-state index is 9.25. The Bertz CT molecular complexity index is 469. The molecule has 0 aliphatic carbocycles. The number of pyridine rings is 1. The van der Waals surface area contributed by atoms with Crippen LogP contribution < -0.4 is 0 Å². The van der Waals surface area contributed by atoms with E-state index >= 15 is 0 Å². The number of hydrogen-bond acceptors (Lipinski definition) is 4. The van der Waals surface area contributed by atoms with E-state index in [1.54, 1.807) is 18.5 Å². The number of aromatic nitrogens is 1. The smallest absolute Gasteiger partial charge is 0.400 e. The minimum Gasteiger partial charge on any atom is -0.400 e. The Morgan fingerprint density at radius 3 is 2.47 bits per heavy atom. The first kappa shape index (κ1) is 14.2. The molecule has 1 fully saturated rings. The first-order valence-corrected chi connectivity index (χ1v) is 6.43. The molecule has 2 rings (SSSR count). The van der Waals surface area contributed by atoms with E-state index < -0.39 is 0 Å². The molecule has 1 aliphatic rings. The highest BCUT2D eigenvalue weighted by Crippen LogP contribution is 2.37. The Morgan fingerprint density at radius 2 is 1.89 bits per heavy atom. The van der Waals surface area contributed by atoms with Crippen molar-refractivity contribution < 1.29 is 14.4 Å². The summed E-state index contributed by atoms with van der Waals surface area (Å²) in [6, 6.07) is 1.80. The summed E-state index contributed by atoms with van der Waals surface area (Å²) in [5.41, 5.74) is 1.04. The molecule has 1 aliphatic heterocycles. The van der Waals surface area contributed by atoms with E-state index in [9.17, 15) is 5.11 Å². The molecule has 5 heteroatoms. The second kappa shape index (κ2) is 5.08. The molecule has 1 saturated heterocycles. The van der Waals surface area contributed by atoms with E-state index in [1.807, 2.05) is 39.7 Å². The zero-order chi connectivity index (χ0) is 14.1. The quantitative estimate of drug-likeness (QED) is 0.847. The van der Waals surface area contributed by atoms with Crippen molar-refractivity contribution in [3.63, 3.8) is 0 Å². The molecular weight excluding hydrogens is 241 g/mol. The lowest BCUT2D eigenvalue weighted by Crippen LogP contribution is -2.41. The summed E-state index contributed by atoms with van der Waals surface area (Å²) in [5.74, 6) is 1.85. The highest BCUT2D eigenvalue weighted by atomic mass is 16.7. The second-order valence-corrected chi connectivity index (χ2v) is 5.72. The molecule has 0 unspecified atom stereocenters. The van der Waals surface area contributed by atoms with Gasteiger partial charge in [-0.3, -0.25) is 4.98 Å². The van der Waals surface area contributed by atoms with Crippen molar-refractivity contribution in [3.8, 4) is 0 Å². The number of aliphatic hydroxyl groups is 1. The molecule has 102 valence electrons. The van der Waals surface area contributed by atoms with Crippen molar-refractivity contribution in [3.05, 3.63) is 35.6 Å². The summed E-state index contributed by atoms with van der Waals surface area (Å²) in [6.07, 6.45) is 5.26. The number of rotatable bonds is 3. The highest BCUT2D eigenvalue weighted by molar-refractivity contribution is 6.52. The van der Waals surface area contributed by atoms with Gasteiger partial charge in [0.05, 0.1) is 17.8 Å². The average molecular weight is 261 g/mol. The Labute approximate surface area is 114 Å². The van der Waals surface area contributed by atoms with Gasteiger partial charge in [0.1, 0.15) is 0 Å². The fraction of sp³-hybridized carbons (Fsp3) is 0.500. The normalized spacial score (nSPS) is 21.2. The van der Waals surface area contributed by atoms with Crippen LogP contribution in [0.3, 0.4) is 0 Å². The van der Waals surface area contributed by atoms with Crippen LogP contribution >= 0.6 is 0 Å². The summed E-state index contributed by atoms with van der Waals surface area (Å²) >= 11 is 0. The molecule has 1 aromatic heterocycles. The monoisotopic (exact) mass is 261 g/mol. The van der Waals surface area contributed by atoms with E-state index in [-0.39, 0.29) is 24.9 Å². The summed E-state index contributed by atoms with van der Waals surface area (Å²) in [5, 5.41) is 9.25. The minimum atomic E-state index is -0.378. The van der Waals surface area contributed by atoms with Crippen molar-refractivity contribution >= 4 is 13.2 Å². The van der Waals surface area contributed by atoms with Gasteiger partial charge in [-0.1, -0.05) is 12.1 Å². The van der Waals surface area contributed by atoms with Gasteiger partial charge in [0.25, 0.3) is 0 Å². The second-order valence-electron chi connectivity index (χ2n) is 5.72. The van der Waals surface area contributed by atoms with Crippen molar-refractivity contribution in [2.75, 3.05) is 0 Å². The van der Waals surface area contributed by atoms with Gasteiger partial charge in [0, 0.05) is 12.4 Å². The average Bonchev–Trinajstić information content (AvgIpc) is 2.55. The molecule has 0 spiro atoms. The van der Waals surface area contributed by atoms with Gasteiger partial charge in [-0.25, -0.2) is 0 Å². The molecule has 19 heavy (non-hydrogen) atoms. The Hall–Kier alpha value is -1.17. The van der Waals surface area contributed by atoms with Gasteiger partial charge in [0.15, 0.2) is 0 Å². The van der Waals surface area contributed by atoms with E-state index in [2.05, 4.69) is 4.98 Å². The van der Waals surface area contributed by atoms with E-state index in [0.29, 0.717) is 0 Å². The summed E-state index contributed by atoms with van der Waals surface area (Å²) in [7, 11) is -0.378. The standard InChI is InChI=1S/C14H20BNO3/c1-13(2)14(3,4)19-15(18-13)7-5-11-9-16-8-6-12(11)10-17/h5-9,17H,10H2,1-4H3/b7-5+. The Balaban J connectivity index is 2.13. The number of aliphatic hydroxyl groups excluding tert-OH is 1. The van der Waals surface area contributed by atoms with Gasteiger partial charge < -0.3 is 14.4 Å².